The largest absolute Gasteiger partial charge is 0.387 e. The molecule has 2 fully saturated rings. The summed E-state index contributed by atoms with van der Waals surface area (Å²) in [5.74, 6) is -1.06. The summed E-state index contributed by atoms with van der Waals surface area (Å²) < 4.78 is 27.2. The molecule has 4 nitrogen and oxygen atoms in total. The van der Waals surface area contributed by atoms with Crippen LogP contribution in [0.3, 0.4) is 0 Å². The van der Waals surface area contributed by atoms with Gasteiger partial charge in [-0.1, -0.05) is 0 Å². The Kier molecular flexibility index (Phi) is 5.15. The van der Waals surface area contributed by atoms with E-state index in [9.17, 15) is 18.7 Å². The van der Waals surface area contributed by atoms with Crippen molar-refractivity contribution in [1.29, 1.82) is 0 Å². The summed E-state index contributed by atoms with van der Waals surface area (Å²) in [6.07, 6.45) is 2.84. The third-order valence-electron chi connectivity index (χ3n) is 5.29. The fraction of sp³-hybridized carbons (Fsp3) is 0.611. The minimum Gasteiger partial charge on any atom is -0.387 e. The number of carbonyl (C=O) groups excluding carboxylic acids is 1. The van der Waals surface area contributed by atoms with Crippen molar-refractivity contribution < 1.29 is 18.7 Å². The Morgan fingerprint density at radius 2 is 1.96 bits per heavy atom. The van der Waals surface area contributed by atoms with Crippen LogP contribution in [-0.4, -0.2) is 52.5 Å². The van der Waals surface area contributed by atoms with Crippen molar-refractivity contribution in [3.05, 3.63) is 35.4 Å². The van der Waals surface area contributed by atoms with Gasteiger partial charge in [0.25, 0.3) is 0 Å². The van der Waals surface area contributed by atoms with Gasteiger partial charge in [-0.05, 0) is 50.4 Å². The second kappa shape index (κ2) is 7.15. The van der Waals surface area contributed by atoms with Gasteiger partial charge in [-0.2, -0.15) is 0 Å². The molecule has 3 atom stereocenters. The molecule has 2 heterocycles. The van der Waals surface area contributed by atoms with Gasteiger partial charge in [0.2, 0.25) is 5.91 Å². The highest BCUT2D eigenvalue weighted by atomic mass is 19.1. The normalized spacial score (nSPS) is 26.1. The smallest absolute Gasteiger partial charge is 0.219 e. The average molecular weight is 338 g/mol. The van der Waals surface area contributed by atoms with Crippen molar-refractivity contribution in [1.82, 2.24) is 9.80 Å². The molecule has 0 aliphatic carbocycles. The zero-order valence-electron chi connectivity index (χ0n) is 13.9. The highest BCUT2D eigenvalue weighted by Crippen LogP contribution is 2.31. The summed E-state index contributed by atoms with van der Waals surface area (Å²) in [6.45, 7) is 3.44. The molecule has 0 spiro atoms. The summed E-state index contributed by atoms with van der Waals surface area (Å²) in [5.41, 5.74) is -0.00417. The molecule has 3 rings (SSSR count). The third-order valence-corrected chi connectivity index (χ3v) is 5.29. The molecule has 1 N–H and O–H groups in total. The first kappa shape index (κ1) is 17.3. The summed E-state index contributed by atoms with van der Waals surface area (Å²) in [7, 11) is 0. The number of aliphatic hydroxyl groups is 1. The van der Waals surface area contributed by atoms with Crippen LogP contribution in [0.2, 0.25) is 0 Å². The molecule has 2 aliphatic rings. The lowest BCUT2D eigenvalue weighted by atomic mass is 10.0. The predicted octanol–water partition coefficient (Wildman–Crippen LogP) is 2.47. The maximum Gasteiger partial charge on any atom is 0.219 e. The van der Waals surface area contributed by atoms with Gasteiger partial charge in [-0.25, -0.2) is 8.78 Å². The first-order chi connectivity index (χ1) is 11.5. The van der Waals surface area contributed by atoms with Gasteiger partial charge in [-0.15, -0.1) is 0 Å². The summed E-state index contributed by atoms with van der Waals surface area (Å²) in [4.78, 5) is 15.9. The summed E-state index contributed by atoms with van der Waals surface area (Å²) in [5, 5.41) is 10.4. The van der Waals surface area contributed by atoms with Crippen LogP contribution in [0.15, 0.2) is 18.2 Å². The maximum atomic E-state index is 13.9. The fourth-order valence-corrected chi connectivity index (χ4v) is 4.19. The minimum atomic E-state index is -1.08. The van der Waals surface area contributed by atoms with Gasteiger partial charge in [0.1, 0.15) is 11.6 Å². The van der Waals surface area contributed by atoms with E-state index < -0.39 is 17.7 Å². The van der Waals surface area contributed by atoms with E-state index in [1.807, 2.05) is 4.90 Å². The molecule has 24 heavy (non-hydrogen) atoms. The van der Waals surface area contributed by atoms with E-state index in [-0.39, 0.29) is 30.1 Å². The van der Waals surface area contributed by atoms with Crippen molar-refractivity contribution in [3.63, 3.8) is 0 Å². The van der Waals surface area contributed by atoms with Gasteiger partial charge in [0.15, 0.2) is 0 Å². The number of rotatable bonds is 4. The van der Waals surface area contributed by atoms with Crippen molar-refractivity contribution in [2.75, 3.05) is 19.6 Å². The number of hydrogen-bond donors (Lipinski definition) is 1. The number of β-amino-alcohol motifs (C(OH)–C–C–N with tert-alkyl or cyclic N) is 1. The number of halogens is 2. The van der Waals surface area contributed by atoms with Gasteiger partial charge in [0.05, 0.1) is 6.10 Å². The molecule has 0 aromatic heterocycles. The number of carbonyl (C=O) groups is 1. The molecule has 1 aromatic carbocycles. The quantitative estimate of drug-likeness (QED) is 0.917. The zero-order chi connectivity index (χ0) is 17.3. The minimum absolute atomic E-state index is 0.00417. The standard InChI is InChI=1S/C18H24F2N2O2/c1-12(23)22-9-3-5-17(22)16-4-2-8-21(16)11-18(24)14-10-13(19)6-7-15(14)20/h6-7,10,16-18,24H,2-5,8-9,11H2,1H3. The second-order valence-corrected chi connectivity index (χ2v) is 6.81. The van der Waals surface area contributed by atoms with Gasteiger partial charge >= 0.3 is 0 Å². The van der Waals surface area contributed by atoms with Crippen LogP contribution in [0, 0.1) is 11.6 Å². The van der Waals surface area contributed by atoms with Crippen LogP contribution >= 0.6 is 0 Å². The topological polar surface area (TPSA) is 43.8 Å². The highest BCUT2D eigenvalue weighted by molar-refractivity contribution is 5.74. The van der Waals surface area contributed by atoms with Crippen molar-refractivity contribution in [3.8, 4) is 0 Å². The third kappa shape index (κ3) is 3.44. The Morgan fingerprint density at radius 3 is 2.71 bits per heavy atom. The van der Waals surface area contributed by atoms with Crippen LogP contribution in [-0.2, 0) is 4.79 Å². The Bertz CT molecular complexity index is 611. The number of aliphatic hydroxyl groups excluding tert-OH is 1. The molecule has 1 amide bonds. The lowest BCUT2D eigenvalue weighted by Crippen LogP contribution is -2.48. The number of benzene rings is 1. The van der Waals surface area contributed by atoms with Crippen LogP contribution < -0.4 is 0 Å². The predicted molar refractivity (Wildman–Crippen MR) is 86.3 cm³/mol. The molecular weight excluding hydrogens is 314 g/mol. The van der Waals surface area contributed by atoms with Crippen molar-refractivity contribution in [2.24, 2.45) is 0 Å². The molecule has 0 bridgehead atoms. The lowest BCUT2D eigenvalue weighted by Gasteiger charge is -2.35. The molecule has 132 valence electrons. The van der Waals surface area contributed by atoms with Crippen LogP contribution in [0.4, 0.5) is 8.78 Å². The Morgan fingerprint density at radius 1 is 1.25 bits per heavy atom. The number of likely N-dealkylation sites (tertiary alicyclic amines) is 2. The molecular formula is C18H24F2N2O2. The van der Waals surface area contributed by atoms with Crippen LogP contribution in [0.25, 0.3) is 0 Å². The van der Waals surface area contributed by atoms with Crippen molar-refractivity contribution in [2.45, 2.75) is 50.8 Å². The van der Waals surface area contributed by atoms with E-state index in [2.05, 4.69) is 4.90 Å². The Balaban J connectivity index is 1.72. The monoisotopic (exact) mass is 338 g/mol. The molecule has 2 aliphatic heterocycles. The molecule has 3 unspecified atom stereocenters. The van der Waals surface area contributed by atoms with E-state index in [0.717, 1.165) is 57.0 Å². The van der Waals surface area contributed by atoms with E-state index >= 15 is 0 Å². The van der Waals surface area contributed by atoms with E-state index in [1.54, 1.807) is 6.92 Å². The SMILES string of the molecule is CC(=O)N1CCCC1C1CCCN1CC(O)c1cc(F)ccc1F. The van der Waals surface area contributed by atoms with Gasteiger partial charge in [-0.3, -0.25) is 9.69 Å². The highest BCUT2D eigenvalue weighted by Gasteiger charge is 2.39. The van der Waals surface area contributed by atoms with E-state index in [1.165, 1.54) is 0 Å². The second-order valence-electron chi connectivity index (χ2n) is 6.81. The first-order valence-electron chi connectivity index (χ1n) is 8.61. The molecule has 0 radical (unpaired) electrons. The number of hydrogen-bond acceptors (Lipinski definition) is 3. The Hall–Kier alpha value is -1.53. The van der Waals surface area contributed by atoms with Crippen LogP contribution in [0.5, 0.6) is 0 Å². The molecule has 6 heteroatoms. The summed E-state index contributed by atoms with van der Waals surface area (Å²) in [6, 6.07) is 3.50. The molecule has 0 saturated carbocycles. The first-order valence-corrected chi connectivity index (χ1v) is 8.61. The number of nitrogens with zero attached hydrogens (tertiary/aromatic N) is 2. The maximum absolute atomic E-state index is 13.9. The van der Waals surface area contributed by atoms with Crippen LogP contribution in [0.1, 0.15) is 44.3 Å². The van der Waals surface area contributed by atoms with E-state index in [0.29, 0.717) is 0 Å². The van der Waals surface area contributed by atoms with E-state index in [4.69, 9.17) is 0 Å². The molecule has 1 aromatic rings. The summed E-state index contributed by atoms with van der Waals surface area (Å²) >= 11 is 0. The fourth-order valence-electron chi connectivity index (χ4n) is 4.19. The molecule has 2 saturated heterocycles. The van der Waals surface area contributed by atoms with Gasteiger partial charge in [0, 0.05) is 37.7 Å². The Labute approximate surface area is 141 Å². The number of amides is 1. The van der Waals surface area contributed by atoms with Gasteiger partial charge < -0.3 is 10.0 Å². The lowest BCUT2D eigenvalue weighted by molar-refractivity contribution is -0.130. The van der Waals surface area contributed by atoms with Crippen molar-refractivity contribution >= 4 is 5.91 Å². The average Bonchev–Trinajstić information content (AvgIpc) is 3.17. The zero-order valence-corrected chi connectivity index (χ0v) is 13.9.